The monoisotopic (exact) mass is 465 g/mol. The van der Waals surface area contributed by atoms with Gasteiger partial charge in [0, 0.05) is 10.2 Å². The van der Waals surface area contributed by atoms with Crippen LogP contribution < -0.4 is 15.5 Å². The van der Waals surface area contributed by atoms with Crippen LogP contribution in [0.3, 0.4) is 0 Å². The maximum absolute atomic E-state index is 12.2. The molecule has 3 aromatic carbocycles. The highest BCUT2D eigenvalue weighted by Gasteiger charge is 2.09. The minimum atomic E-state index is -0.458. The maximum atomic E-state index is 12.2. The fourth-order valence-electron chi connectivity index (χ4n) is 2.51. The van der Waals surface area contributed by atoms with Crippen molar-refractivity contribution in [1.82, 2.24) is 5.43 Å². The average molecular weight is 466 g/mol. The van der Waals surface area contributed by atoms with Gasteiger partial charge in [0.25, 0.3) is 5.91 Å². The second-order valence-corrected chi connectivity index (χ2v) is 7.40. The molecule has 0 unspecified atom stereocenters. The number of carbonyl (C=O) groups excluding carboxylic acids is 2. The van der Waals surface area contributed by atoms with E-state index in [1.54, 1.807) is 42.5 Å². The summed E-state index contributed by atoms with van der Waals surface area (Å²) < 4.78 is 6.20. The molecule has 7 heteroatoms. The number of esters is 1. The van der Waals surface area contributed by atoms with E-state index in [0.717, 1.165) is 15.7 Å². The van der Waals surface area contributed by atoms with E-state index in [9.17, 15) is 9.59 Å². The number of anilines is 1. The summed E-state index contributed by atoms with van der Waals surface area (Å²) in [5.41, 5.74) is 5.60. The van der Waals surface area contributed by atoms with Crippen LogP contribution in [0.15, 0.2) is 82.4 Å². The number of nitrogens with one attached hydrogen (secondary N) is 2. The molecule has 0 spiro atoms. The molecule has 0 saturated carbocycles. The first-order chi connectivity index (χ1) is 14.5. The molecule has 6 nitrogen and oxygen atoms in total. The van der Waals surface area contributed by atoms with Gasteiger partial charge in [-0.05, 0) is 55.0 Å². The Kier molecular flexibility index (Phi) is 7.34. The molecule has 0 atom stereocenters. The van der Waals surface area contributed by atoms with Crippen LogP contribution in [0.4, 0.5) is 5.69 Å². The van der Waals surface area contributed by atoms with E-state index in [2.05, 4.69) is 31.8 Å². The highest BCUT2D eigenvalue weighted by Crippen LogP contribution is 2.17. The summed E-state index contributed by atoms with van der Waals surface area (Å²) in [6.07, 6.45) is 1.49. The van der Waals surface area contributed by atoms with E-state index in [4.69, 9.17) is 4.74 Å². The average Bonchev–Trinajstić information content (AvgIpc) is 2.73. The smallest absolute Gasteiger partial charge is 0.343 e. The Balaban J connectivity index is 1.51. The molecule has 152 valence electrons. The van der Waals surface area contributed by atoms with Crippen molar-refractivity contribution < 1.29 is 14.3 Å². The Hall–Kier alpha value is -3.45. The van der Waals surface area contributed by atoms with Crippen LogP contribution in [0.2, 0.25) is 0 Å². The fraction of sp³-hybridized carbons (Fsp3) is 0.0870. The van der Waals surface area contributed by atoms with Gasteiger partial charge in [-0.2, -0.15) is 5.10 Å². The van der Waals surface area contributed by atoms with Crippen molar-refractivity contribution in [2.45, 2.75) is 6.92 Å². The Morgan fingerprint density at radius 3 is 2.57 bits per heavy atom. The molecule has 0 aliphatic heterocycles. The number of aryl methyl sites for hydroxylation is 1. The van der Waals surface area contributed by atoms with Crippen LogP contribution in [0.5, 0.6) is 5.75 Å². The van der Waals surface area contributed by atoms with E-state index in [1.165, 1.54) is 6.21 Å². The zero-order chi connectivity index (χ0) is 21.3. The molecule has 2 N–H and O–H groups in total. The summed E-state index contributed by atoms with van der Waals surface area (Å²) in [6.45, 7) is 2.10. The molecule has 0 aliphatic carbocycles. The third-order valence-corrected chi connectivity index (χ3v) is 4.53. The number of nitrogens with zero attached hydrogens (tertiary/aromatic N) is 1. The van der Waals surface area contributed by atoms with Crippen LogP contribution in [0.25, 0.3) is 0 Å². The van der Waals surface area contributed by atoms with Gasteiger partial charge in [-0.1, -0.05) is 51.8 Å². The third kappa shape index (κ3) is 6.56. The highest BCUT2D eigenvalue weighted by molar-refractivity contribution is 9.10. The van der Waals surface area contributed by atoms with Gasteiger partial charge in [-0.25, -0.2) is 10.2 Å². The normalized spacial score (nSPS) is 10.6. The van der Waals surface area contributed by atoms with Crippen molar-refractivity contribution in [2.75, 3.05) is 11.9 Å². The SMILES string of the molecule is Cc1ccc(NCC(=O)N/N=C\c2cccc(OC(=O)c3cccc(Br)c3)c2)cc1. The lowest BCUT2D eigenvalue weighted by molar-refractivity contribution is -0.119. The zero-order valence-electron chi connectivity index (χ0n) is 16.3. The largest absolute Gasteiger partial charge is 0.423 e. The molecule has 3 aromatic rings. The Morgan fingerprint density at radius 1 is 1.03 bits per heavy atom. The topological polar surface area (TPSA) is 79.8 Å². The number of rotatable bonds is 7. The molecule has 0 radical (unpaired) electrons. The predicted molar refractivity (Wildman–Crippen MR) is 121 cm³/mol. The first-order valence-corrected chi connectivity index (χ1v) is 9.99. The lowest BCUT2D eigenvalue weighted by Gasteiger charge is -2.06. The summed E-state index contributed by atoms with van der Waals surface area (Å²) in [5, 5.41) is 6.97. The van der Waals surface area contributed by atoms with E-state index in [-0.39, 0.29) is 12.5 Å². The van der Waals surface area contributed by atoms with Crippen molar-refractivity contribution in [1.29, 1.82) is 0 Å². The number of ether oxygens (including phenoxy) is 1. The molecular weight excluding hydrogens is 446 g/mol. The standard InChI is InChI=1S/C23H20BrN3O3/c1-16-8-10-20(11-9-16)25-15-22(28)27-26-14-17-4-2-7-21(12-17)30-23(29)18-5-3-6-19(24)13-18/h2-14,25H,15H2,1H3,(H,27,28)/b26-14-. The molecule has 0 fully saturated rings. The predicted octanol–water partition coefficient (Wildman–Crippen LogP) is 4.54. The second kappa shape index (κ2) is 10.4. The first-order valence-electron chi connectivity index (χ1n) is 9.20. The van der Waals surface area contributed by atoms with E-state index in [0.29, 0.717) is 16.9 Å². The van der Waals surface area contributed by atoms with Gasteiger partial charge in [0.1, 0.15) is 5.75 Å². The van der Waals surface area contributed by atoms with Crippen LogP contribution in [0.1, 0.15) is 21.5 Å². The summed E-state index contributed by atoms with van der Waals surface area (Å²) in [7, 11) is 0. The lowest BCUT2D eigenvalue weighted by Crippen LogP contribution is -2.25. The molecule has 0 bridgehead atoms. The molecule has 1 amide bonds. The third-order valence-electron chi connectivity index (χ3n) is 4.04. The Morgan fingerprint density at radius 2 is 1.80 bits per heavy atom. The van der Waals surface area contributed by atoms with Gasteiger partial charge in [0.05, 0.1) is 18.3 Å². The molecule has 0 saturated heterocycles. The van der Waals surface area contributed by atoms with Crippen LogP contribution in [-0.2, 0) is 4.79 Å². The number of halogens is 1. The molecule has 0 aliphatic rings. The number of hydrogen-bond acceptors (Lipinski definition) is 5. The van der Waals surface area contributed by atoms with Gasteiger partial charge < -0.3 is 10.1 Å². The minimum Gasteiger partial charge on any atom is -0.423 e. The summed E-state index contributed by atoms with van der Waals surface area (Å²) in [5.74, 6) is -0.346. The van der Waals surface area contributed by atoms with E-state index >= 15 is 0 Å². The Labute approximate surface area is 183 Å². The Bertz CT molecular complexity index is 1070. The quantitative estimate of drug-likeness (QED) is 0.232. The van der Waals surface area contributed by atoms with Gasteiger partial charge in [0.15, 0.2) is 0 Å². The van der Waals surface area contributed by atoms with E-state index < -0.39 is 5.97 Å². The van der Waals surface area contributed by atoms with Crippen molar-refractivity contribution in [2.24, 2.45) is 5.10 Å². The molecule has 30 heavy (non-hydrogen) atoms. The first kappa shape index (κ1) is 21.3. The summed E-state index contributed by atoms with van der Waals surface area (Å²) >= 11 is 3.33. The number of carbonyl (C=O) groups is 2. The molecule has 0 aromatic heterocycles. The molecule has 0 heterocycles. The van der Waals surface area contributed by atoms with Crippen LogP contribution in [-0.4, -0.2) is 24.6 Å². The van der Waals surface area contributed by atoms with Gasteiger partial charge in [-0.15, -0.1) is 0 Å². The van der Waals surface area contributed by atoms with Crippen molar-refractivity contribution in [3.8, 4) is 5.75 Å². The van der Waals surface area contributed by atoms with Crippen LogP contribution in [0, 0.1) is 6.92 Å². The summed E-state index contributed by atoms with van der Waals surface area (Å²) in [4.78, 5) is 24.2. The minimum absolute atomic E-state index is 0.102. The van der Waals surface area contributed by atoms with Crippen LogP contribution >= 0.6 is 15.9 Å². The number of benzene rings is 3. The second-order valence-electron chi connectivity index (χ2n) is 6.49. The summed E-state index contributed by atoms with van der Waals surface area (Å²) in [6, 6.07) is 21.6. The fourth-order valence-corrected chi connectivity index (χ4v) is 2.91. The zero-order valence-corrected chi connectivity index (χ0v) is 17.8. The van der Waals surface area contributed by atoms with Gasteiger partial charge in [0.2, 0.25) is 0 Å². The highest BCUT2D eigenvalue weighted by atomic mass is 79.9. The van der Waals surface area contributed by atoms with Crippen molar-refractivity contribution in [3.63, 3.8) is 0 Å². The molecular formula is C23H20BrN3O3. The van der Waals surface area contributed by atoms with Crippen molar-refractivity contribution in [3.05, 3.63) is 94.0 Å². The van der Waals surface area contributed by atoms with E-state index in [1.807, 2.05) is 37.3 Å². The number of hydrogen-bond donors (Lipinski definition) is 2. The lowest BCUT2D eigenvalue weighted by atomic mass is 10.2. The van der Waals surface area contributed by atoms with Crippen molar-refractivity contribution >= 4 is 39.7 Å². The van der Waals surface area contributed by atoms with Gasteiger partial charge in [-0.3, -0.25) is 4.79 Å². The number of hydrazone groups is 1. The molecule has 3 rings (SSSR count). The van der Waals surface area contributed by atoms with Gasteiger partial charge >= 0.3 is 5.97 Å². The number of amides is 1. The maximum Gasteiger partial charge on any atom is 0.343 e.